The normalized spacial score (nSPS) is 12.3. The Morgan fingerprint density at radius 2 is 2.20 bits per heavy atom. The summed E-state index contributed by atoms with van der Waals surface area (Å²) in [6.07, 6.45) is 4.63. The van der Waals surface area contributed by atoms with E-state index in [4.69, 9.17) is 5.11 Å². The summed E-state index contributed by atoms with van der Waals surface area (Å²) in [7, 11) is 0. The van der Waals surface area contributed by atoms with E-state index in [1.165, 1.54) is 30.4 Å². The highest BCUT2D eigenvalue weighted by Crippen LogP contribution is 2.05. The van der Waals surface area contributed by atoms with Gasteiger partial charge in [-0.1, -0.05) is 31.9 Å². The molecule has 5 heteroatoms. The SMILES string of the molecule is CCCC[C@H](NC(=O)/C=C/c1cccc(F)c1)C(=O)O. The zero-order chi connectivity index (χ0) is 15.0. The molecule has 1 aromatic carbocycles. The van der Waals surface area contributed by atoms with Gasteiger partial charge >= 0.3 is 5.97 Å². The highest BCUT2D eigenvalue weighted by molar-refractivity contribution is 5.94. The number of carbonyl (C=O) groups excluding carboxylic acids is 1. The van der Waals surface area contributed by atoms with Gasteiger partial charge in [-0.25, -0.2) is 9.18 Å². The third kappa shape index (κ3) is 5.65. The fraction of sp³-hybridized carbons (Fsp3) is 0.333. The van der Waals surface area contributed by atoms with Crippen LogP contribution < -0.4 is 5.32 Å². The van der Waals surface area contributed by atoms with Crippen LogP contribution in [0.15, 0.2) is 30.3 Å². The van der Waals surface area contributed by atoms with Gasteiger partial charge in [-0.3, -0.25) is 4.79 Å². The first-order chi connectivity index (χ1) is 9.52. The molecule has 0 unspecified atom stereocenters. The number of nitrogens with one attached hydrogen (secondary N) is 1. The highest BCUT2D eigenvalue weighted by atomic mass is 19.1. The first-order valence-corrected chi connectivity index (χ1v) is 6.50. The van der Waals surface area contributed by atoms with Crippen molar-refractivity contribution in [1.82, 2.24) is 5.32 Å². The maximum atomic E-state index is 12.9. The molecule has 0 fully saturated rings. The molecule has 0 bridgehead atoms. The topological polar surface area (TPSA) is 66.4 Å². The number of carbonyl (C=O) groups is 2. The molecule has 1 amide bonds. The fourth-order valence-electron chi connectivity index (χ4n) is 1.67. The van der Waals surface area contributed by atoms with Gasteiger partial charge in [-0.05, 0) is 30.2 Å². The molecule has 0 aromatic heterocycles. The van der Waals surface area contributed by atoms with Crippen LogP contribution in [0.2, 0.25) is 0 Å². The Morgan fingerprint density at radius 3 is 2.80 bits per heavy atom. The standard InChI is InChI=1S/C15H18FNO3/c1-2-3-7-13(15(19)20)17-14(18)9-8-11-5-4-6-12(16)10-11/h4-6,8-10,13H,2-3,7H2,1H3,(H,17,18)(H,19,20)/b9-8+/t13-/m0/s1. The van der Waals surface area contributed by atoms with Gasteiger partial charge in [0.2, 0.25) is 5.91 Å². The largest absolute Gasteiger partial charge is 0.480 e. The summed E-state index contributed by atoms with van der Waals surface area (Å²) in [5.41, 5.74) is 0.542. The average Bonchev–Trinajstić information content (AvgIpc) is 2.41. The Kier molecular flexibility index (Phi) is 6.43. The van der Waals surface area contributed by atoms with Crippen molar-refractivity contribution in [2.75, 3.05) is 0 Å². The van der Waals surface area contributed by atoms with Crippen LogP contribution in [-0.2, 0) is 9.59 Å². The van der Waals surface area contributed by atoms with Crippen LogP contribution in [0.25, 0.3) is 6.08 Å². The Balaban J connectivity index is 2.59. The van der Waals surface area contributed by atoms with Gasteiger partial charge in [0, 0.05) is 6.08 Å². The molecule has 0 saturated carbocycles. The second kappa shape index (κ2) is 8.09. The Bertz CT molecular complexity index is 500. The van der Waals surface area contributed by atoms with E-state index in [-0.39, 0.29) is 5.82 Å². The van der Waals surface area contributed by atoms with Gasteiger partial charge in [-0.15, -0.1) is 0 Å². The number of rotatable bonds is 7. The smallest absolute Gasteiger partial charge is 0.326 e. The van der Waals surface area contributed by atoms with E-state index in [9.17, 15) is 14.0 Å². The number of carboxylic acid groups (broad SMARTS) is 1. The number of halogens is 1. The van der Waals surface area contributed by atoms with Crippen molar-refractivity contribution in [2.45, 2.75) is 32.2 Å². The molecule has 0 heterocycles. The number of hydrogen-bond acceptors (Lipinski definition) is 2. The molecule has 20 heavy (non-hydrogen) atoms. The number of benzene rings is 1. The molecule has 0 spiro atoms. The molecule has 108 valence electrons. The van der Waals surface area contributed by atoms with E-state index < -0.39 is 17.9 Å². The summed E-state index contributed by atoms with van der Waals surface area (Å²) in [6.45, 7) is 1.95. The minimum absolute atomic E-state index is 0.390. The second-order valence-corrected chi connectivity index (χ2v) is 4.43. The molecule has 0 radical (unpaired) electrons. The van der Waals surface area contributed by atoms with Gasteiger partial charge < -0.3 is 10.4 Å². The summed E-state index contributed by atoms with van der Waals surface area (Å²) in [5, 5.41) is 11.4. The van der Waals surface area contributed by atoms with Gasteiger partial charge in [0.15, 0.2) is 0 Å². The maximum Gasteiger partial charge on any atom is 0.326 e. The second-order valence-electron chi connectivity index (χ2n) is 4.43. The third-order valence-corrected chi connectivity index (χ3v) is 2.74. The zero-order valence-corrected chi connectivity index (χ0v) is 11.3. The predicted octanol–water partition coefficient (Wildman–Crippen LogP) is 2.60. The molecule has 2 N–H and O–H groups in total. The average molecular weight is 279 g/mol. The van der Waals surface area contributed by atoms with Crippen molar-refractivity contribution in [3.05, 3.63) is 41.7 Å². The van der Waals surface area contributed by atoms with E-state index in [2.05, 4.69) is 5.32 Å². The summed E-state index contributed by atoms with van der Waals surface area (Å²) < 4.78 is 12.9. The van der Waals surface area contributed by atoms with E-state index in [1.54, 1.807) is 6.07 Å². The molecular weight excluding hydrogens is 261 g/mol. The predicted molar refractivity (Wildman–Crippen MR) is 74.5 cm³/mol. The van der Waals surface area contributed by atoms with Crippen LogP contribution in [-0.4, -0.2) is 23.0 Å². The van der Waals surface area contributed by atoms with Crippen molar-refractivity contribution in [1.29, 1.82) is 0 Å². The molecule has 1 aromatic rings. The van der Waals surface area contributed by atoms with Crippen LogP contribution in [0.3, 0.4) is 0 Å². The van der Waals surface area contributed by atoms with E-state index in [1.807, 2.05) is 6.92 Å². The van der Waals surface area contributed by atoms with Crippen LogP contribution in [0.1, 0.15) is 31.7 Å². The van der Waals surface area contributed by atoms with Gasteiger partial charge in [-0.2, -0.15) is 0 Å². The van der Waals surface area contributed by atoms with E-state index in [0.717, 1.165) is 12.8 Å². The third-order valence-electron chi connectivity index (χ3n) is 2.74. The molecule has 4 nitrogen and oxygen atoms in total. The lowest BCUT2D eigenvalue weighted by atomic mass is 10.1. The van der Waals surface area contributed by atoms with Crippen molar-refractivity contribution in [3.63, 3.8) is 0 Å². The molecule has 1 atom stereocenters. The van der Waals surface area contributed by atoms with Crippen molar-refractivity contribution in [2.24, 2.45) is 0 Å². The Morgan fingerprint density at radius 1 is 1.45 bits per heavy atom. The lowest BCUT2D eigenvalue weighted by molar-refractivity contribution is -0.141. The lowest BCUT2D eigenvalue weighted by Crippen LogP contribution is -2.39. The molecule has 0 saturated heterocycles. The van der Waals surface area contributed by atoms with Crippen molar-refractivity contribution < 1.29 is 19.1 Å². The quantitative estimate of drug-likeness (QED) is 0.754. The first-order valence-electron chi connectivity index (χ1n) is 6.50. The van der Waals surface area contributed by atoms with Crippen molar-refractivity contribution in [3.8, 4) is 0 Å². The summed E-state index contributed by atoms with van der Waals surface area (Å²) in [5.74, 6) is -1.94. The van der Waals surface area contributed by atoms with Crippen LogP contribution in [0.5, 0.6) is 0 Å². The molecule has 0 aliphatic heterocycles. The van der Waals surface area contributed by atoms with Crippen LogP contribution >= 0.6 is 0 Å². The summed E-state index contributed by atoms with van der Waals surface area (Å²) >= 11 is 0. The number of amides is 1. The first kappa shape index (κ1) is 15.9. The molecular formula is C15H18FNO3. The number of carboxylic acids is 1. The Hall–Kier alpha value is -2.17. The Labute approximate surface area is 117 Å². The minimum Gasteiger partial charge on any atom is -0.480 e. The van der Waals surface area contributed by atoms with E-state index >= 15 is 0 Å². The maximum absolute atomic E-state index is 12.9. The van der Waals surface area contributed by atoms with Crippen molar-refractivity contribution >= 4 is 18.0 Å². The monoisotopic (exact) mass is 279 g/mol. The molecule has 1 rings (SSSR count). The van der Waals surface area contributed by atoms with Gasteiger partial charge in [0.25, 0.3) is 0 Å². The minimum atomic E-state index is -1.05. The van der Waals surface area contributed by atoms with Crippen LogP contribution in [0, 0.1) is 5.82 Å². The van der Waals surface area contributed by atoms with E-state index in [0.29, 0.717) is 12.0 Å². The summed E-state index contributed by atoms with van der Waals surface area (Å²) in [4.78, 5) is 22.6. The number of hydrogen-bond donors (Lipinski definition) is 2. The molecule has 0 aliphatic carbocycles. The van der Waals surface area contributed by atoms with Gasteiger partial charge in [0.1, 0.15) is 11.9 Å². The number of unbranched alkanes of at least 4 members (excludes halogenated alkanes) is 1. The van der Waals surface area contributed by atoms with Gasteiger partial charge in [0.05, 0.1) is 0 Å². The summed E-state index contributed by atoms with van der Waals surface area (Å²) in [6, 6.07) is 4.89. The number of aliphatic carboxylic acids is 1. The lowest BCUT2D eigenvalue weighted by Gasteiger charge is -2.12. The zero-order valence-electron chi connectivity index (χ0n) is 11.3. The highest BCUT2D eigenvalue weighted by Gasteiger charge is 2.17. The molecule has 0 aliphatic rings. The fourth-order valence-corrected chi connectivity index (χ4v) is 1.67. The van der Waals surface area contributed by atoms with Crippen LogP contribution in [0.4, 0.5) is 4.39 Å².